The lowest BCUT2D eigenvalue weighted by Gasteiger charge is -2.25. The van der Waals surface area contributed by atoms with Gasteiger partial charge in [0.2, 0.25) is 0 Å². The lowest BCUT2D eigenvalue weighted by Crippen LogP contribution is -2.38. The van der Waals surface area contributed by atoms with Crippen LogP contribution in [0, 0.1) is 5.82 Å². The van der Waals surface area contributed by atoms with Crippen LogP contribution in [-0.4, -0.2) is 41.2 Å². The molecule has 25 heavy (non-hydrogen) atoms. The van der Waals surface area contributed by atoms with Crippen molar-refractivity contribution in [1.29, 1.82) is 0 Å². The zero-order valence-electron chi connectivity index (χ0n) is 14.5. The normalized spacial score (nSPS) is 17.2. The molecule has 1 aliphatic heterocycles. The van der Waals surface area contributed by atoms with Gasteiger partial charge in [-0.2, -0.15) is 5.10 Å². The van der Waals surface area contributed by atoms with Crippen LogP contribution in [0.25, 0.3) is 0 Å². The molecule has 0 N–H and O–H groups in total. The molecule has 1 aromatic heterocycles. The van der Waals surface area contributed by atoms with Crippen LogP contribution in [0.3, 0.4) is 0 Å². The van der Waals surface area contributed by atoms with Crippen molar-refractivity contribution < 1.29 is 9.18 Å². The summed E-state index contributed by atoms with van der Waals surface area (Å²) in [6, 6.07) is 10.2. The molecular weight excluding hydrogens is 337 g/mol. The molecule has 0 radical (unpaired) electrons. The fraction of sp³-hybridized carbons (Fsp3) is 0.368. The van der Waals surface area contributed by atoms with Crippen molar-refractivity contribution in [3.8, 4) is 0 Å². The summed E-state index contributed by atoms with van der Waals surface area (Å²) in [6.45, 7) is 6.06. The molecule has 1 atom stereocenters. The van der Waals surface area contributed by atoms with E-state index < -0.39 is 0 Å². The molecule has 2 heterocycles. The summed E-state index contributed by atoms with van der Waals surface area (Å²) in [5.74, 6) is -0.299. The number of hydrogen-bond donors (Lipinski definition) is 0. The highest BCUT2D eigenvalue weighted by Crippen LogP contribution is 2.33. The van der Waals surface area contributed by atoms with Crippen LogP contribution in [0.5, 0.6) is 0 Å². The first-order valence-corrected chi connectivity index (χ1v) is 9.41. The predicted octanol–water partition coefficient (Wildman–Crippen LogP) is 3.91. The molecule has 3 rings (SSSR count). The highest BCUT2D eigenvalue weighted by Gasteiger charge is 2.33. The molecule has 132 valence electrons. The lowest BCUT2D eigenvalue weighted by atomic mass is 10.0. The van der Waals surface area contributed by atoms with E-state index in [1.54, 1.807) is 28.5 Å². The van der Waals surface area contributed by atoms with Crippen LogP contribution in [0.15, 0.2) is 46.9 Å². The quantitative estimate of drug-likeness (QED) is 0.784. The Morgan fingerprint density at radius 2 is 2.00 bits per heavy atom. The van der Waals surface area contributed by atoms with Crippen LogP contribution in [0.2, 0.25) is 0 Å². The third-order valence-electron chi connectivity index (χ3n) is 4.48. The van der Waals surface area contributed by atoms with Gasteiger partial charge in [-0.15, -0.1) is 11.3 Å². The Bertz CT molecular complexity index is 739. The molecule has 1 amide bonds. The SMILES string of the molecule is CCN(CC)CC(=O)N1N=C(c2cccs2)CC1c1ccc(F)cc1. The summed E-state index contributed by atoms with van der Waals surface area (Å²) in [5.41, 5.74) is 1.82. The fourth-order valence-corrected chi connectivity index (χ4v) is 3.71. The second-order valence-electron chi connectivity index (χ2n) is 6.00. The highest BCUT2D eigenvalue weighted by molar-refractivity contribution is 7.12. The average Bonchev–Trinajstić information content (AvgIpc) is 3.29. The highest BCUT2D eigenvalue weighted by atomic mass is 32.1. The van der Waals surface area contributed by atoms with Crippen LogP contribution < -0.4 is 0 Å². The number of likely N-dealkylation sites (N-methyl/N-ethyl adjacent to an activating group) is 1. The van der Waals surface area contributed by atoms with E-state index in [4.69, 9.17) is 0 Å². The van der Waals surface area contributed by atoms with Crippen LogP contribution in [-0.2, 0) is 4.79 Å². The number of hydrazone groups is 1. The summed E-state index contributed by atoms with van der Waals surface area (Å²) in [7, 11) is 0. The van der Waals surface area contributed by atoms with Gasteiger partial charge in [-0.1, -0.05) is 32.0 Å². The minimum atomic E-state index is -0.276. The summed E-state index contributed by atoms with van der Waals surface area (Å²) >= 11 is 1.62. The van der Waals surface area contributed by atoms with Crippen molar-refractivity contribution >= 4 is 23.0 Å². The van der Waals surface area contributed by atoms with Gasteiger partial charge in [-0.05, 0) is 42.2 Å². The first kappa shape index (κ1) is 17.8. The Morgan fingerprint density at radius 1 is 1.28 bits per heavy atom. The number of halogens is 1. The van der Waals surface area contributed by atoms with E-state index in [-0.39, 0.29) is 17.8 Å². The van der Waals surface area contributed by atoms with Crippen LogP contribution >= 0.6 is 11.3 Å². The number of rotatable bonds is 6. The summed E-state index contributed by atoms with van der Waals surface area (Å²) in [4.78, 5) is 16.0. The predicted molar refractivity (Wildman–Crippen MR) is 99.2 cm³/mol. The molecule has 0 aliphatic carbocycles. The van der Waals surface area contributed by atoms with E-state index in [1.807, 2.05) is 31.4 Å². The van der Waals surface area contributed by atoms with Gasteiger partial charge in [0.1, 0.15) is 5.82 Å². The number of thiophene rings is 1. The fourth-order valence-electron chi connectivity index (χ4n) is 2.99. The third kappa shape index (κ3) is 3.96. The van der Waals surface area contributed by atoms with Crippen molar-refractivity contribution in [2.75, 3.05) is 19.6 Å². The van der Waals surface area contributed by atoms with Crippen LogP contribution in [0.4, 0.5) is 4.39 Å². The molecule has 2 aromatic rings. The maximum Gasteiger partial charge on any atom is 0.257 e. The molecule has 0 fully saturated rings. The number of hydrogen-bond acceptors (Lipinski definition) is 4. The second-order valence-corrected chi connectivity index (χ2v) is 6.94. The van der Waals surface area contributed by atoms with Gasteiger partial charge >= 0.3 is 0 Å². The minimum Gasteiger partial charge on any atom is -0.295 e. The second kappa shape index (κ2) is 7.89. The number of amides is 1. The molecule has 0 bridgehead atoms. The average molecular weight is 359 g/mol. The standard InChI is InChI=1S/C19H22FN3OS/c1-3-22(4-2)13-19(24)23-17(14-7-9-15(20)10-8-14)12-16(21-23)18-6-5-11-25-18/h5-11,17H,3-4,12-13H2,1-2H3. The first-order valence-electron chi connectivity index (χ1n) is 8.53. The van der Waals surface area contributed by atoms with Crippen LogP contribution in [0.1, 0.15) is 36.8 Å². The monoisotopic (exact) mass is 359 g/mol. The van der Waals surface area contributed by atoms with E-state index in [0.29, 0.717) is 13.0 Å². The molecule has 1 unspecified atom stereocenters. The summed E-state index contributed by atoms with van der Waals surface area (Å²) in [6.07, 6.45) is 0.649. The van der Waals surface area contributed by atoms with E-state index >= 15 is 0 Å². The molecule has 4 nitrogen and oxygen atoms in total. The van der Waals surface area contributed by atoms with Gasteiger partial charge in [-0.25, -0.2) is 9.40 Å². The molecule has 1 aliphatic rings. The lowest BCUT2D eigenvalue weighted by molar-refractivity contribution is -0.134. The topological polar surface area (TPSA) is 35.9 Å². The van der Waals surface area contributed by atoms with Crippen molar-refractivity contribution in [3.05, 3.63) is 58.0 Å². The molecule has 1 aromatic carbocycles. The summed E-state index contributed by atoms with van der Waals surface area (Å²) < 4.78 is 13.3. The molecule has 6 heteroatoms. The van der Waals surface area contributed by atoms with Gasteiger partial charge in [0.25, 0.3) is 5.91 Å². The molecular formula is C19H22FN3OS. The molecule has 0 saturated heterocycles. The maximum atomic E-state index is 13.3. The smallest absolute Gasteiger partial charge is 0.257 e. The zero-order valence-corrected chi connectivity index (χ0v) is 15.3. The van der Waals surface area contributed by atoms with Crippen molar-refractivity contribution in [2.24, 2.45) is 5.10 Å². The van der Waals surface area contributed by atoms with Gasteiger partial charge in [0, 0.05) is 6.42 Å². The van der Waals surface area contributed by atoms with Crippen molar-refractivity contribution in [3.63, 3.8) is 0 Å². The number of benzene rings is 1. The third-order valence-corrected chi connectivity index (χ3v) is 5.40. The number of nitrogens with zero attached hydrogens (tertiary/aromatic N) is 3. The van der Waals surface area contributed by atoms with E-state index in [2.05, 4.69) is 10.0 Å². The Kier molecular flexibility index (Phi) is 5.60. The van der Waals surface area contributed by atoms with Gasteiger partial charge in [-0.3, -0.25) is 9.69 Å². The Balaban J connectivity index is 1.87. The van der Waals surface area contributed by atoms with Gasteiger partial charge < -0.3 is 0 Å². The molecule has 0 saturated carbocycles. The minimum absolute atomic E-state index is 0.0235. The number of carbonyl (C=O) groups is 1. The Morgan fingerprint density at radius 3 is 2.60 bits per heavy atom. The number of carbonyl (C=O) groups excluding carboxylic acids is 1. The van der Waals surface area contributed by atoms with E-state index in [9.17, 15) is 9.18 Å². The van der Waals surface area contributed by atoms with E-state index in [0.717, 1.165) is 29.2 Å². The zero-order chi connectivity index (χ0) is 17.8. The van der Waals surface area contributed by atoms with E-state index in [1.165, 1.54) is 12.1 Å². The summed E-state index contributed by atoms with van der Waals surface area (Å²) in [5, 5.41) is 8.21. The van der Waals surface area contributed by atoms with Gasteiger partial charge in [0.05, 0.1) is 23.2 Å². The maximum absolute atomic E-state index is 13.3. The largest absolute Gasteiger partial charge is 0.295 e. The Hall–Kier alpha value is -2.05. The van der Waals surface area contributed by atoms with Crippen molar-refractivity contribution in [2.45, 2.75) is 26.3 Å². The van der Waals surface area contributed by atoms with Crippen molar-refractivity contribution in [1.82, 2.24) is 9.91 Å². The first-order chi connectivity index (χ1) is 12.1. The van der Waals surface area contributed by atoms with Gasteiger partial charge in [0.15, 0.2) is 0 Å². The Labute approximate surface area is 151 Å². The molecule has 0 spiro atoms.